The van der Waals surface area contributed by atoms with Gasteiger partial charge < -0.3 is 4.57 Å². The van der Waals surface area contributed by atoms with Crippen LogP contribution in [0.2, 0.25) is 0 Å². The van der Waals surface area contributed by atoms with Crippen molar-refractivity contribution in [2.24, 2.45) is 0 Å². The zero-order valence-corrected chi connectivity index (χ0v) is 16.2. The Morgan fingerprint density at radius 2 is 2.24 bits per heavy atom. The fraction of sp³-hybridized carbons (Fsp3) is 0.214. The SMILES string of the molecule is CC(Cl)c1nc2cc(I)c(F)cc2n1Cc1ccc(Br)s1. The molecule has 2 aromatic heterocycles. The van der Waals surface area contributed by atoms with E-state index in [1.54, 1.807) is 17.4 Å². The van der Waals surface area contributed by atoms with Gasteiger partial charge in [0.05, 0.1) is 30.3 Å². The monoisotopic (exact) mass is 498 g/mol. The van der Waals surface area contributed by atoms with E-state index in [4.69, 9.17) is 11.6 Å². The number of rotatable bonds is 3. The number of imidazole rings is 1. The first-order chi connectivity index (χ1) is 9.95. The molecule has 3 rings (SSSR count). The molecule has 3 aromatic rings. The van der Waals surface area contributed by atoms with Crippen LogP contribution in [0.5, 0.6) is 0 Å². The summed E-state index contributed by atoms with van der Waals surface area (Å²) in [5.74, 6) is 0.531. The first kappa shape index (κ1) is 15.7. The predicted octanol–water partition coefficient (Wildman–Crippen LogP) is 5.95. The number of halogens is 4. The maximum atomic E-state index is 13.9. The van der Waals surface area contributed by atoms with Crippen molar-refractivity contribution in [1.29, 1.82) is 0 Å². The van der Waals surface area contributed by atoms with Gasteiger partial charge in [0.2, 0.25) is 0 Å². The topological polar surface area (TPSA) is 17.8 Å². The molecule has 0 bridgehead atoms. The van der Waals surface area contributed by atoms with Crippen LogP contribution < -0.4 is 0 Å². The van der Waals surface area contributed by atoms with Crippen LogP contribution in [0.25, 0.3) is 11.0 Å². The van der Waals surface area contributed by atoms with Crippen molar-refractivity contribution in [3.63, 3.8) is 0 Å². The summed E-state index contributed by atoms with van der Waals surface area (Å²) in [5, 5.41) is -0.235. The van der Waals surface area contributed by atoms with Crippen molar-refractivity contribution in [1.82, 2.24) is 9.55 Å². The van der Waals surface area contributed by atoms with Crippen LogP contribution in [0.1, 0.15) is 23.0 Å². The quantitative estimate of drug-likeness (QED) is 0.322. The molecule has 0 aliphatic carbocycles. The van der Waals surface area contributed by atoms with Gasteiger partial charge in [-0.25, -0.2) is 9.37 Å². The van der Waals surface area contributed by atoms with Crippen molar-refractivity contribution >= 4 is 72.5 Å². The van der Waals surface area contributed by atoms with Gasteiger partial charge in [-0.3, -0.25) is 0 Å². The van der Waals surface area contributed by atoms with Crippen LogP contribution in [0.4, 0.5) is 4.39 Å². The van der Waals surface area contributed by atoms with E-state index in [9.17, 15) is 4.39 Å². The van der Waals surface area contributed by atoms with E-state index < -0.39 is 0 Å². The zero-order chi connectivity index (χ0) is 15.1. The van der Waals surface area contributed by atoms with Crippen molar-refractivity contribution in [2.75, 3.05) is 0 Å². The van der Waals surface area contributed by atoms with Crippen molar-refractivity contribution in [3.8, 4) is 0 Å². The lowest BCUT2D eigenvalue weighted by Gasteiger charge is -2.09. The molecule has 0 N–H and O–H groups in total. The van der Waals surface area contributed by atoms with Crippen LogP contribution in [0.3, 0.4) is 0 Å². The number of aromatic nitrogens is 2. The number of benzene rings is 1. The van der Waals surface area contributed by atoms with Crippen molar-refractivity contribution in [3.05, 3.63) is 48.1 Å². The highest BCUT2D eigenvalue weighted by Crippen LogP contribution is 2.30. The van der Waals surface area contributed by atoms with E-state index >= 15 is 0 Å². The maximum Gasteiger partial charge on any atom is 0.138 e. The highest BCUT2D eigenvalue weighted by atomic mass is 127. The third-order valence-electron chi connectivity index (χ3n) is 3.12. The second kappa shape index (κ2) is 6.14. The third-order valence-corrected chi connectivity index (χ3v) is 5.75. The van der Waals surface area contributed by atoms with Gasteiger partial charge in [0, 0.05) is 10.9 Å². The lowest BCUT2D eigenvalue weighted by molar-refractivity contribution is 0.621. The molecule has 7 heteroatoms. The second-order valence-corrected chi connectivity index (χ2v) is 9.00. The van der Waals surface area contributed by atoms with Gasteiger partial charge in [-0.15, -0.1) is 22.9 Å². The Hall–Kier alpha value is -0.180. The summed E-state index contributed by atoms with van der Waals surface area (Å²) in [6.45, 7) is 2.52. The van der Waals surface area contributed by atoms with E-state index in [-0.39, 0.29) is 11.2 Å². The van der Waals surface area contributed by atoms with Gasteiger partial charge in [-0.2, -0.15) is 0 Å². The van der Waals surface area contributed by atoms with Gasteiger partial charge in [-0.05, 0) is 63.6 Å². The molecule has 2 nitrogen and oxygen atoms in total. The number of alkyl halides is 1. The predicted molar refractivity (Wildman–Crippen MR) is 97.8 cm³/mol. The van der Waals surface area contributed by atoms with E-state index in [1.807, 2.05) is 46.2 Å². The smallest absolute Gasteiger partial charge is 0.138 e. The molecule has 21 heavy (non-hydrogen) atoms. The fourth-order valence-corrected chi connectivity index (χ4v) is 4.29. The molecule has 0 saturated carbocycles. The van der Waals surface area contributed by atoms with Crippen LogP contribution in [0.15, 0.2) is 28.1 Å². The Labute approximate surface area is 152 Å². The largest absolute Gasteiger partial charge is 0.321 e. The Morgan fingerprint density at radius 3 is 2.86 bits per heavy atom. The molecule has 1 unspecified atom stereocenters. The highest BCUT2D eigenvalue weighted by Gasteiger charge is 2.17. The number of thiophene rings is 1. The minimum Gasteiger partial charge on any atom is -0.321 e. The molecule has 0 spiro atoms. The lowest BCUT2D eigenvalue weighted by atomic mass is 10.3. The summed E-state index contributed by atoms with van der Waals surface area (Å²) in [5.41, 5.74) is 1.55. The van der Waals surface area contributed by atoms with Crippen LogP contribution in [-0.2, 0) is 6.54 Å². The summed E-state index contributed by atoms with van der Waals surface area (Å²) < 4.78 is 17.5. The molecule has 1 atom stereocenters. The average molecular weight is 500 g/mol. The van der Waals surface area contributed by atoms with E-state index in [1.165, 1.54) is 10.9 Å². The zero-order valence-electron chi connectivity index (χ0n) is 10.9. The Morgan fingerprint density at radius 1 is 1.48 bits per heavy atom. The molecule has 110 valence electrons. The minimum atomic E-state index is -0.235. The lowest BCUT2D eigenvalue weighted by Crippen LogP contribution is -2.04. The van der Waals surface area contributed by atoms with E-state index in [2.05, 4.69) is 20.9 Å². The Kier molecular flexibility index (Phi) is 4.59. The summed E-state index contributed by atoms with van der Waals surface area (Å²) >= 11 is 13.3. The molecule has 0 amide bonds. The molecule has 0 aliphatic heterocycles. The summed E-state index contributed by atoms with van der Waals surface area (Å²) in [7, 11) is 0. The molecular formula is C14H10BrClFIN2S. The van der Waals surface area contributed by atoms with Gasteiger partial charge in [-0.1, -0.05) is 0 Å². The molecule has 0 saturated heterocycles. The molecule has 0 radical (unpaired) electrons. The van der Waals surface area contributed by atoms with Gasteiger partial charge in [0.25, 0.3) is 0 Å². The first-order valence-electron chi connectivity index (χ1n) is 6.19. The van der Waals surface area contributed by atoms with Gasteiger partial charge in [0.1, 0.15) is 11.6 Å². The third kappa shape index (κ3) is 3.13. The summed E-state index contributed by atoms with van der Waals surface area (Å²) in [6.07, 6.45) is 0. The molecule has 1 aromatic carbocycles. The van der Waals surface area contributed by atoms with Crippen molar-refractivity contribution in [2.45, 2.75) is 18.8 Å². The average Bonchev–Trinajstić information content (AvgIpc) is 2.96. The summed E-state index contributed by atoms with van der Waals surface area (Å²) in [4.78, 5) is 5.74. The number of nitrogens with zero attached hydrogens (tertiary/aromatic N) is 2. The molecule has 0 fully saturated rings. The summed E-state index contributed by atoms with van der Waals surface area (Å²) in [6, 6.07) is 7.35. The van der Waals surface area contributed by atoms with Gasteiger partial charge >= 0.3 is 0 Å². The Balaban J connectivity index is 2.17. The van der Waals surface area contributed by atoms with Crippen molar-refractivity contribution < 1.29 is 4.39 Å². The maximum absolute atomic E-state index is 13.9. The number of fused-ring (bicyclic) bond motifs is 1. The Bertz CT molecular complexity index is 815. The second-order valence-electron chi connectivity index (χ2n) is 4.63. The molecule has 0 aliphatic rings. The standard InChI is InChI=1S/C14H10BrClFIN2S/c1-7(16)14-19-11-5-10(18)9(17)4-12(11)20(14)6-8-2-3-13(15)21-8/h2-5,7H,6H2,1H3. The number of hydrogen-bond donors (Lipinski definition) is 0. The number of hydrogen-bond acceptors (Lipinski definition) is 2. The first-order valence-corrected chi connectivity index (χ1v) is 9.31. The molecule has 2 heterocycles. The van der Waals surface area contributed by atoms with E-state index in [0.29, 0.717) is 10.1 Å². The van der Waals surface area contributed by atoms with Crippen LogP contribution >= 0.6 is 61.5 Å². The van der Waals surface area contributed by atoms with Gasteiger partial charge in [0.15, 0.2) is 0 Å². The normalized spacial score (nSPS) is 13.0. The van der Waals surface area contributed by atoms with E-state index in [0.717, 1.165) is 20.6 Å². The highest BCUT2D eigenvalue weighted by molar-refractivity contribution is 14.1. The molecular weight excluding hydrogens is 489 g/mol. The van der Waals surface area contributed by atoms with Crippen LogP contribution in [0, 0.1) is 9.39 Å². The fourth-order valence-electron chi connectivity index (χ4n) is 2.20. The minimum absolute atomic E-state index is 0.231. The van der Waals surface area contributed by atoms with Crippen LogP contribution in [-0.4, -0.2) is 9.55 Å².